The summed E-state index contributed by atoms with van der Waals surface area (Å²) in [5.41, 5.74) is 4.16. The zero-order valence-electron chi connectivity index (χ0n) is 8.22. The highest BCUT2D eigenvalue weighted by atomic mass is 79.9. The van der Waals surface area contributed by atoms with E-state index in [2.05, 4.69) is 20.9 Å². The Morgan fingerprint density at radius 3 is 2.24 bits per heavy atom. The van der Waals surface area contributed by atoms with Crippen molar-refractivity contribution in [3.8, 4) is 0 Å². The van der Waals surface area contributed by atoms with Crippen LogP contribution < -0.4 is 16.4 Å². The highest BCUT2D eigenvalue weighted by Crippen LogP contribution is 2.33. The van der Waals surface area contributed by atoms with Gasteiger partial charge in [-0.25, -0.2) is 4.98 Å². The third-order valence-electron chi connectivity index (χ3n) is 1.41. The number of alkyl halides is 5. The highest BCUT2D eigenvalue weighted by molar-refractivity contribution is 9.10. The fourth-order valence-electron chi connectivity index (χ4n) is 0.799. The van der Waals surface area contributed by atoms with Crippen LogP contribution in [0.5, 0.6) is 0 Å². The van der Waals surface area contributed by atoms with E-state index in [4.69, 9.17) is 0 Å². The Kier molecular flexibility index (Phi) is 3.94. The molecule has 0 aliphatic heterocycles. The third kappa shape index (κ3) is 4.44. The first kappa shape index (κ1) is 14.1. The van der Waals surface area contributed by atoms with E-state index in [0.29, 0.717) is 6.92 Å². The van der Waals surface area contributed by atoms with Gasteiger partial charge in [0.1, 0.15) is 4.60 Å². The molecule has 1 heterocycles. The molecular formula is C6H7BrF5N5. The monoisotopic (exact) mass is 323 g/mol. The Balaban J connectivity index is 2.63. The average Bonchev–Trinajstić information content (AvgIpc) is 2.43. The Hall–Kier alpha value is -0.940. The minimum absolute atomic E-state index is 0.374. The van der Waals surface area contributed by atoms with Gasteiger partial charge in [0.15, 0.2) is 5.69 Å². The smallest absolute Gasteiger partial charge is 0.319 e. The van der Waals surface area contributed by atoms with Crippen LogP contribution in [0.1, 0.15) is 12.6 Å². The number of aromatic nitrogens is 2. The number of H-pyrrole nitrogens is 1. The van der Waals surface area contributed by atoms with Crippen LogP contribution in [-0.2, 0) is 6.18 Å². The fraction of sp³-hybridized carbons (Fsp3) is 0.500. The highest BCUT2D eigenvalue weighted by Gasteiger charge is 2.36. The molecule has 5 nitrogen and oxygen atoms in total. The molecule has 0 radical (unpaired) electrons. The summed E-state index contributed by atoms with van der Waals surface area (Å²) in [6.45, 7) is 0.556. The molecule has 0 amide bonds. The summed E-state index contributed by atoms with van der Waals surface area (Å²) in [6, 6.07) is -3.23. The quantitative estimate of drug-likeness (QED) is 0.390. The molecule has 0 saturated carbocycles. The third-order valence-corrected chi connectivity index (χ3v) is 1.98. The molecule has 11 heteroatoms. The second kappa shape index (κ2) is 4.74. The summed E-state index contributed by atoms with van der Waals surface area (Å²) in [5, 5.41) is 0. The number of hydrogen-bond donors (Lipinski definition) is 4. The molecule has 0 aliphatic rings. The predicted molar refractivity (Wildman–Crippen MR) is 51.8 cm³/mol. The number of halogens is 6. The van der Waals surface area contributed by atoms with E-state index in [1.54, 1.807) is 5.53 Å². The fourth-order valence-corrected chi connectivity index (χ4v) is 1.30. The van der Waals surface area contributed by atoms with Crippen LogP contribution in [0.25, 0.3) is 0 Å². The second-order valence-electron chi connectivity index (χ2n) is 3.01. The number of hydrazine groups is 2. The van der Waals surface area contributed by atoms with Crippen molar-refractivity contribution >= 4 is 21.9 Å². The van der Waals surface area contributed by atoms with Crippen molar-refractivity contribution in [1.82, 2.24) is 20.9 Å². The van der Waals surface area contributed by atoms with Crippen LogP contribution in [0.3, 0.4) is 0 Å². The van der Waals surface area contributed by atoms with E-state index in [1.807, 2.05) is 10.4 Å². The minimum atomic E-state index is -4.62. The van der Waals surface area contributed by atoms with Crippen LogP contribution in [-0.4, -0.2) is 16.0 Å². The predicted octanol–water partition coefficient (Wildman–Crippen LogP) is 2.22. The number of anilines is 1. The van der Waals surface area contributed by atoms with Crippen molar-refractivity contribution in [2.75, 3.05) is 5.43 Å². The zero-order chi connectivity index (χ0) is 13.3. The number of imidazole rings is 1. The van der Waals surface area contributed by atoms with Gasteiger partial charge in [-0.05, 0) is 15.9 Å². The van der Waals surface area contributed by atoms with E-state index in [-0.39, 0.29) is 5.95 Å². The number of aromatic amines is 1. The topological polar surface area (TPSA) is 64.8 Å². The molecule has 0 spiro atoms. The molecule has 1 aromatic rings. The molecule has 1 rings (SSSR count). The standard InChI is InChI=1S/C6H7BrF5N5/c1-5(8,9)16-17-15-4-13-2(3(7)14-4)6(10,11)12/h16-17H,1H3,(H2,13,14,15). The van der Waals surface area contributed by atoms with Gasteiger partial charge in [-0.2, -0.15) is 32.9 Å². The Labute approximate surface area is 100 Å². The Morgan fingerprint density at radius 2 is 1.82 bits per heavy atom. The van der Waals surface area contributed by atoms with E-state index in [9.17, 15) is 22.0 Å². The van der Waals surface area contributed by atoms with Crippen LogP contribution in [0, 0.1) is 0 Å². The lowest BCUT2D eigenvalue weighted by Gasteiger charge is -2.13. The van der Waals surface area contributed by atoms with Gasteiger partial charge in [-0.3, -0.25) is 5.43 Å². The SMILES string of the molecule is CC(F)(F)NNNc1nc(Br)c(C(F)(F)F)[nH]1. The van der Waals surface area contributed by atoms with E-state index in [1.165, 1.54) is 5.43 Å². The van der Waals surface area contributed by atoms with Crippen LogP contribution >= 0.6 is 15.9 Å². The van der Waals surface area contributed by atoms with Crippen LogP contribution in [0.4, 0.5) is 27.9 Å². The van der Waals surface area contributed by atoms with Crippen LogP contribution in [0.2, 0.25) is 0 Å². The number of nitrogens with zero attached hydrogens (tertiary/aromatic N) is 1. The van der Waals surface area contributed by atoms with E-state index in [0.717, 1.165) is 0 Å². The molecule has 0 aliphatic carbocycles. The largest absolute Gasteiger partial charge is 0.434 e. The lowest BCUT2D eigenvalue weighted by atomic mass is 10.5. The molecule has 17 heavy (non-hydrogen) atoms. The van der Waals surface area contributed by atoms with Gasteiger partial charge >= 0.3 is 12.2 Å². The molecule has 0 saturated heterocycles. The van der Waals surface area contributed by atoms with Gasteiger partial charge in [-0.15, -0.1) is 0 Å². The van der Waals surface area contributed by atoms with Gasteiger partial charge in [-0.1, -0.05) is 0 Å². The first-order chi connectivity index (χ1) is 7.59. The van der Waals surface area contributed by atoms with Crippen molar-refractivity contribution in [2.45, 2.75) is 19.1 Å². The first-order valence-electron chi connectivity index (χ1n) is 4.08. The maximum atomic E-state index is 12.3. The lowest BCUT2D eigenvalue weighted by molar-refractivity contribution is -0.141. The average molecular weight is 324 g/mol. The van der Waals surface area contributed by atoms with Gasteiger partial charge in [0, 0.05) is 6.92 Å². The summed E-state index contributed by atoms with van der Waals surface area (Å²) in [5.74, 6) is -0.374. The van der Waals surface area contributed by atoms with Gasteiger partial charge in [0.05, 0.1) is 0 Å². The first-order valence-corrected chi connectivity index (χ1v) is 4.87. The van der Waals surface area contributed by atoms with E-state index < -0.39 is 22.5 Å². The molecule has 0 aromatic carbocycles. The Morgan fingerprint density at radius 1 is 1.24 bits per heavy atom. The van der Waals surface area contributed by atoms with Gasteiger partial charge in [0.2, 0.25) is 5.95 Å². The summed E-state index contributed by atoms with van der Waals surface area (Å²) in [7, 11) is 0. The minimum Gasteiger partial charge on any atom is -0.319 e. The lowest BCUT2D eigenvalue weighted by Crippen LogP contribution is -2.47. The second-order valence-corrected chi connectivity index (χ2v) is 3.76. The maximum absolute atomic E-state index is 12.3. The molecule has 0 unspecified atom stereocenters. The molecule has 0 fully saturated rings. The summed E-state index contributed by atoms with van der Waals surface area (Å²) in [4.78, 5) is 5.25. The van der Waals surface area contributed by atoms with Crippen molar-refractivity contribution in [3.05, 3.63) is 10.3 Å². The molecule has 1 aromatic heterocycles. The molecule has 0 bridgehead atoms. The van der Waals surface area contributed by atoms with Gasteiger partial charge < -0.3 is 4.98 Å². The molecule has 98 valence electrons. The summed E-state index contributed by atoms with van der Waals surface area (Å²) in [6.07, 6.45) is -4.62. The van der Waals surface area contributed by atoms with Crippen molar-refractivity contribution in [3.63, 3.8) is 0 Å². The molecule has 4 N–H and O–H groups in total. The Bertz CT molecular complexity index is 383. The number of rotatable bonds is 4. The zero-order valence-corrected chi connectivity index (χ0v) is 9.80. The van der Waals surface area contributed by atoms with Crippen molar-refractivity contribution in [1.29, 1.82) is 0 Å². The number of hydrogen-bond acceptors (Lipinski definition) is 4. The normalized spacial score (nSPS) is 12.9. The van der Waals surface area contributed by atoms with Gasteiger partial charge in [0.25, 0.3) is 0 Å². The number of nitrogens with one attached hydrogen (secondary N) is 4. The summed E-state index contributed by atoms with van der Waals surface area (Å²) < 4.78 is 60.9. The molecule has 0 atom stereocenters. The van der Waals surface area contributed by atoms with Crippen molar-refractivity contribution in [2.24, 2.45) is 0 Å². The maximum Gasteiger partial charge on any atom is 0.434 e. The van der Waals surface area contributed by atoms with Crippen molar-refractivity contribution < 1.29 is 22.0 Å². The van der Waals surface area contributed by atoms with E-state index >= 15 is 0 Å². The molecular weight excluding hydrogens is 317 g/mol. The summed E-state index contributed by atoms with van der Waals surface area (Å²) >= 11 is 2.59. The van der Waals surface area contributed by atoms with Crippen LogP contribution in [0.15, 0.2) is 4.60 Å².